The van der Waals surface area contributed by atoms with Crippen LogP contribution in [0.5, 0.6) is 0 Å². The molecular formula is C15H21N5O3S2. The quantitative estimate of drug-likeness (QED) is 0.790. The molecule has 0 spiro atoms. The van der Waals surface area contributed by atoms with Crippen LogP contribution in [-0.4, -0.2) is 59.3 Å². The Morgan fingerprint density at radius 3 is 2.80 bits per heavy atom. The lowest BCUT2D eigenvalue weighted by Crippen LogP contribution is -2.42. The van der Waals surface area contributed by atoms with Crippen LogP contribution in [0.2, 0.25) is 0 Å². The van der Waals surface area contributed by atoms with Gasteiger partial charge in [-0.3, -0.25) is 4.79 Å². The maximum atomic E-state index is 12.2. The highest BCUT2D eigenvalue weighted by Crippen LogP contribution is 2.19. The van der Waals surface area contributed by atoms with Gasteiger partial charge < -0.3 is 5.32 Å². The highest BCUT2D eigenvalue weighted by Gasteiger charge is 2.28. The summed E-state index contributed by atoms with van der Waals surface area (Å²) in [5.41, 5.74) is 0.919. The number of aromatic nitrogens is 3. The number of piperidine rings is 1. The van der Waals surface area contributed by atoms with E-state index in [2.05, 4.69) is 15.4 Å². The number of rotatable bonds is 6. The van der Waals surface area contributed by atoms with Crippen molar-refractivity contribution in [3.05, 3.63) is 29.5 Å². The zero-order chi connectivity index (χ0) is 17.9. The van der Waals surface area contributed by atoms with Crippen molar-refractivity contribution in [3.8, 4) is 5.13 Å². The summed E-state index contributed by atoms with van der Waals surface area (Å²) in [7, 11) is -3.16. The maximum Gasteiger partial charge on any atom is 0.223 e. The first-order chi connectivity index (χ1) is 11.9. The van der Waals surface area contributed by atoms with Crippen molar-refractivity contribution < 1.29 is 13.2 Å². The molecule has 0 unspecified atom stereocenters. The van der Waals surface area contributed by atoms with Crippen LogP contribution < -0.4 is 5.32 Å². The molecule has 136 valence electrons. The molecule has 1 aliphatic heterocycles. The molecule has 2 aromatic heterocycles. The third-order valence-electron chi connectivity index (χ3n) is 4.21. The second-order valence-corrected chi connectivity index (χ2v) is 8.87. The van der Waals surface area contributed by atoms with Crippen LogP contribution in [-0.2, 0) is 21.2 Å². The van der Waals surface area contributed by atoms with E-state index in [1.165, 1.54) is 21.9 Å². The molecule has 1 fully saturated rings. The Kier molecular flexibility index (Phi) is 5.50. The van der Waals surface area contributed by atoms with Crippen molar-refractivity contribution in [2.45, 2.75) is 19.3 Å². The molecule has 0 aromatic carbocycles. The number of sulfonamides is 1. The number of nitrogens with zero attached hydrogens (tertiary/aromatic N) is 4. The third kappa shape index (κ3) is 4.65. The van der Waals surface area contributed by atoms with Gasteiger partial charge in [-0.2, -0.15) is 5.10 Å². The van der Waals surface area contributed by atoms with E-state index in [9.17, 15) is 13.2 Å². The fourth-order valence-electron chi connectivity index (χ4n) is 2.81. The molecule has 1 saturated heterocycles. The van der Waals surface area contributed by atoms with Crippen LogP contribution in [0.25, 0.3) is 5.13 Å². The Morgan fingerprint density at radius 1 is 1.40 bits per heavy atom. The van der Waals surface area contributed by atoms with Crippen molar-refractivity contribution in [1.82, 2.24) is 24.4 Å². The number of carbonyl (C=O) groups excluding carboxylic acids is 1. The molecular weight excluding hydrogens is 362 g/mol. The first kappa shape index (κ1) is 18.0. The van der Waals surface area contributed by atoms with Crippen molar-refractivity contribution in [2.24, 2.45) is 5.92 Å². The molecule has 0 saturated carbocycles. The fourth-order valence-corrected chi connectivity index (χ4v) is 4.48. The second-order valence-electron chi connectivity index (χ2n) is 6.05. The Morgan fingerprint density at radius 2 is 2.16 bits per heavy atom. The van der Waals surface area contributed by atoms with Crippen molar-refractivity contribution in [1.29, 1.82) is 0 Å². The maximum absolute atomic E-state index is 12.2. The number of nitrogens with one attached hydrogen (secondary N) is 1. The van der Waals surface area contributed by atoms with E-state index >= 15 is 0 Å². The van der Waals surface area contributed by atoms with E-state index in [1.54, 1.807) is 10.9 Å². The molecule has 0 atom stereocenters. The van der Waals surface area contributed by atoms with Crippen LogP contribution in [0, 0.1) is 5.92 Å². The van der Waals surface area contributed by atoms with Crippen molar-refractivity contribution in [2.75, 3.05) is 25.9 Å². The minimum Gasteiger partial charge on any atom is -0.355 e. The summed E-state index contributed by atoms with van der Waals surface area (Å²) in [6.45, 7) is 1.35. The monoisotopic (exact) mass is 383 g/mol. The summed E-state index contributed by atoms with van der Waals surface area (Å²) in [5, 5.41) is 9.85. The predicted molar refractivity (Wildman–Crippen MR) is 95.1 cm³/mol. The smallest absolute Gasteiger partial charge is 0.223 e. The number of amides is 1. The van der Waals surface area contributed by atoms with Gasteiger partial charge in [-0.1, -0.05) is 0 Å². The van der Waals surface area contributed by atoms with Crippen LogP contribution in [0.3, 0.4) is 0 Å². The Bertz CT molecular complexity index is 808. The largest absolute Gasteiger partial charge is 0.355 e. The molecule has 8 nitrogen and oxygen atoms in total. The summed E-state index contributed by atoms with van der Waals surface area (Å²) >= 11 is 1.51. The van der Waals surface area contributed by atoms with E-state index in [0.717, 1.165) is 10.8 Å². The van der Waals surface area contributed by atoms with E-state index in [-0.39, 0.29) is 11.8 Å². The number of hydrogen-bond donors (Lipinski definition) is 1. The summed E-state index contributed by atoms with van der Waals surface area (Å²) in [4.78, 5) is 16.7. The number of thiazole rings is 1. The average Bonchev–Trinajstić information content (AvgIpc) is 3.25. The molecule has 10 heteroatoms. The molecule has 3 heterocycles. The minimum absolute atomic E-state index is 0.00400. The van der Waals surface area contributed by atoms with Gasteiger partial charge in [-0.25, -0.2) is 22.4 Å². The molecule has 1 amide bonds. The standard InChI is InChI=1S/C15H21N5O3S2/c1-25(22,23)19-9-4-12(5-10-19)14(21)16-7-3-13-11-24-15(18-13)20-8-2-6-17-20/h2,6,8,11-12H,3-5,7,9-10H2,1H3,(H,16,21). The lowest BCUT2D eigenvalue weighted by atomic mass is 9.97. The Balaban J connectivity index is 1.43. The van der Waals surface area contributed by atoms with Crippen LogP contribution >= 0.6 is 11.3 Å². The molecule has 1 aliphatic rings. The van der Waals surface area contributed by atoms with E-state index < -0.39 is 10.0 Å². The lowest BCUT2D eigenvalue weighted by Gasteiger charge is -2.29. The third-order valence-corrected chi connectivity index (χ3v) is 6.40. The molecule has 2 aromatic rings. The molecule has 0 bridgehead atoms. The van der Waals surface area contributed by atoms with Gasteiger partial charge in [0.05, 0.1) is 11.9 Å². The average molecular weight is 383 g/mol. The van der Waals surface area contributed by atoms with Crippen LogP contribution in [0.4, 0.5) is 0 Å². The van der Waals surface area contributed by atoms with Gasteiger partial charge in [0, 0.05) is 49.7 Å². The summed E-state index contributed by atoms with van der Waals surface area (Å²) in [6.07, 6.45) is 6.55. The van der Waals surface area contributed by atoms with E-state index in [1.807, 2.05) is 17.6 Å². The molecule has 1 N–H and O–H groups in total. The normalized spacial score (nSPS) is 16.8. The Labute approximate surface area is 150 Å². The van der Waals surface area contributed by atoms with Gasteiger partial charge in [0.2, 0.25) is 21.1 Å². The fraction of sp³-hybridized carbons (Fsp3) is 0.533. The Hall–Kier alpha value is -1.78. The first-order valence-corrected chi connectivity index (χ1v) is 10.8. The highest BCUT2D eigenvalue weighted by atomic mass is 32.2. The topological polar surface area (TPSA) is 97.2 Å². The lowest BCUT2D eigenvalue weighted by molar-refractivity contribution is -0.126. The molecule has 25 heavy (non-hydrogen) atoms. The molecule has 3 rings (SSSR count). The van der Waals surface area contributed by atoms with Crippen LogP contribution in [0.15, 0.2) is 23.8 Å². The second kappa shape index (κ2) is 7.63. The number of carbonyl (C=O) groups is 1. The zero-order valence-electron chi connectivity index (χ0n) is 14.0. The van der Waals surface area contributed by atoms with Gasteiger partial charge in [0.15, 0.2) is 0 Å². The summed E-state index contributed by atoms with van der Waals surface area (Å²) in [5.74, 6) is -0.122. The van der Waals surface area contributed by atoms with E-state index in [0.29, 0.717) is 38.9 Å². The van der Waals surface area contributed by atoms with E-state index in [4.69, 9.17) is 0 Å². The molecule has 0 aliphatic carbocycles. The van der Waals surface area contributed by atoms with Gasteiger partial charge >= 0.3 is 0 Å². The molecule has 0 radical (unpaired) electrons. The van der Waals surface area contributed by atoms with Crippen LogP contribution in [0.1, 0.15) is 18.5 Å². The van der Waals surface area contributed by atoms with Gasteiger partial charge in [-0.15, -0.1) is 11.3 Å². The summed E-state index contributed by atoms with van der Waals surface area (Å²) in [6, 6.07) is 1.84. The summed E-state index contributed by atoms with van der Waals surface area (Å²) < 4.78 is 26.1. The van der Waals surface area contributed by atoms with Gasteiger partial charge in [0.1, 0.15) is 0 Å². The van der Waals surface area contributed by atoms with Gasteiger partial charge in [0.25, 0.3) is 0 Å². The highest BCUT2D eigenvalue weighted by molar-refractivity contribution is 7.88. The van der Waals surface area contributed by atoms with Gasteiger partial charge in [-0.05, 0) is 18.9 Å². The first-order valence-electron chi connectivity index (χ1n) is 8.11. The van der Waals surface area contributed by atoms with Crippen molar-refractivity contribution >= 4 is 27.3 Å². The number of hydrogen-bond acceptors (Lipinski definition) is 6. The minimum atomic E-state index is -3.16. The zero-order valence-corrected chi connectivity index (χ0v) is 15.6. The predicted octanol–water partition coefficient (Wildman–Crippen LogP) is 0.659. The van der Waals surface area contributed by atoms with Crippen molar-refractivity contribution in [3.63, 3.8) is 0 Å². The SMILES string of the molecule is CS(=O)(=O)N1CCC(C(=O)NCCc2csc(-n3cccn3)n2)CC1.